The van der Waals surface area contributed by atoms with Crippen molar-refractivity contribution in [3.05, 3.63) is 65.7 Å². The minimum absolute atomic E-state index is 0.117. The molecule has 0 radical (unpaired) electrons. The lowest BCUT2D eigenvalue weighted by Crippen LogP contribution is -2.23. The van der Waals surface area contributed by atoms with Gasteiger partial charge < -0.3 is 4.98 Å². The fourth-order valence-electron chi connectivity index (χ4n) is 2.97. The van der Waals surface area contributed by atoms with Gasteiger partial charge in [-0.25, -0.2) is 18.1 Å². The highest BCUT2D eigenvalue weighted by molar-refractivity contribution is 7.89. The molecule has 0 saturated heterocycles. The quantitative estimate of drug-likeness (QED) is 0.436. The molecular weight excluding hydrogens is 408 g/mol. The summed E-state index contributed by atoms with van der Waals surface area (Å²) in [5, 5.41) is 6.19. The van der Waals surface area contributed by atoms with Gasteiger partial charge in [0.15, 0.2) is 5.13 Å². The SMILES string of the molecule is CCNS(=O)(=O)c1ccc(C(=O)Nc2nc(-c3c[nH]c4ccccc34)cs2)cc1. The summed E-state index contributed by atoms with van der Waals surface area (Å²) in [6.07, 6.45) is 1.90. The highest BCUT2D eigenvalue weighted by Gasteiger charge is 2.15. The van der Waals surface area contributed by atoms with Crippen LogP contribution in [-0.4, -0.2) is 30.8 Å². The number of sulfonamides is 1. The summed E-state index contributed by atoms with van der Waals surface area (Å²) in [5.74, 6) is -0.350. The van der Waals surface area contributed by atoms with Gasteiger partial charge in [0.25, 0.3) is 5.91 Å². The maximum absolute atomic E-state index is 12.5. The van der Waals surface area contributed by atoms with Crippen molar-refractivity contribution in [2.24, 2.45) is 0 Å². The van der Waals surface area contributed by atoms with E-state index in [4.69, 9.17) is 0 Å². The summed E-state index contributed by atoms with van der Waals surface area (Å²) in [5.41, 5.74) is 3.11. The van der Waals surface area contributed by atoms with Gasteiger partial charge in [-0.1, -0.05) is 25.1 Å². The average molecular weight is 427 g/mol. The molecule has 9 heteroatoms. The lowest BCUT2D eigenvalue weighted by molar-refractivity contribution is 0.102. The number of hydrogen-bond acceptors (Lipinski definition) is 5. The highest BCUT2D eigenvalue weighted by atomic mass is 32.2. The molecule has 0 aliphatic carbocycles. The number of para-hydroxylation sites is 1. The molecule has 0 aliphatic heterocycles. The van der Waals surface area contributed by atoms with Gasteiger partial charge in [0.1, 0.15) is 0 Å². The Morgan fingerprint density at radius 2 is 1.90 bits per heavy atom. The Labute approximate surface area is 171 Å². The van der Waals surface area contributed by atoms with Crippen molar-refractivity contribution >= 4 is 43.3 Å². The predicted octanol–water partition coefficient (Wildman–Crippen LogP) is 3.84. The van der Waals surface area contributed by atoms with Crippen LogP contribution in [0.1, 0.15) is 17.3 Å². The summed E-state index contributed by atoms with van der Waals surface area (Å²) in [7, 11) is -3.55. The van der Waals surface area contributed by atoms with Crippen molar-refractivity contribution < 1.29 is 13.2 Å². The van der Waals surface area contributed by atoms with E-state index in [9.17, 15) is 13.2 Å². The maximum atomic E-state index is 12.5. The summed E-state index contributed by atoms with van der Waals surface area (Å²) < 4.78 is 26.4. The first kappa shape index (κ1) is 19.3. The number of nitrogens with one attached hydrogen (secondary N) is 3. The Morgan fingerprint density at radius 3 is 2.66 bits per heavy atom. The van der Waals surface area contributed by atoms with Crippen LogP contribution in [0.2, 0.25) is 0 Å². The molecule has 0 bridgehead atoms. The van der Waals surface area contributed by atoms with Crippen molar-refractivity contribution in [3.63, 3.8) is 0 Å². The number of carbonyl (C=O) groups is 1. The summed E-state index contributed by atoms with van der Waals surface area (Å²) in [4.78, 5) is 20.3. The van der Waals surface area contributed by atoms with Crippen LogP contribution >= 0.6 is 11.3 Å². The number of aromatic nitrogens is 2. The van der Waals surface area contributed by atoms with Crippen LogP contribution in [0.4, 0.5) is 5.13 Å². The van der Waals surface area contributed by atoms with Gasteiger partial charge in [0, 0.05) is 40.2 Å². The third-order valence-corrected chi connectivity index (χ3v) is 6.67. The van der Waals surface area contributed by atoms with Gasteiger partial charge in [-0.15, -0.1) is 11.3 Å². The first-order valence-electron chi connectivity index (χ1n) is 8.91. The zero-order valence-corrected chi connectivity index (χ0v) is 17.1. The largest absolute Gasteiger partial charge is 0.360 e. The maximum Gasteiger partial charge on any atom is 0.257 e. The molecule has 3 N–H and O–H groups in total. The number of rotatable bonds is 6. The van der Waals surface area contributed by atoms with Gasteiger partial charge in [0.05, 0.1) is 10.6 Å². The number of fused-ring (bicyclic) bond motifs is 1. The zero-order valence-electron chi connectivity index (χ0n) is 15.5. The number of thiazole rings is 1. The van der Waals surface area contributed by atoms with Crippen molar-refractivity contribution in [2.45, 2.75) is 11.8 Å². The molecule has 0 saturated carbocycles. The molecular formula is C20H18N4O3S2. The first-order chi connectivity index (χ1) is 14.0. The Bertz CT molecular complexity index is 1270. The fourth-order valence-corrected chi connectivity index (χ4v) is 4.71. The number of aromatic amines is 1. The molecule has 148 valence electrons. The van der Waals surface area contributed by atoms with Gasteiger partial charge in [-0.05, 0) is 30.3 Å². The Kier molecular flexibility index (Phi) is 5.18. The van der Waals surface area contributed by atoms with Crippen molar-refractivity contribution in [1.82, 2.24) is 14.7 Å². The van der Waals surface area contributed by atoms with Crippen LogP contribution < -0.4 is 10.0 Å². The second-order valence-corrected chi connectivity index (χ2v) is 8.89. The van der Waals surface area contributed by atoms with Crippen LogP contribution in [0.5, 0.6) is 0 Å². The molecule has 0 atom stereocenters. The number of carbonyl (C=O) groups excluding carboxylic acids is 1. The lowest BCUT2D eigenvalue weighted by Gasteiger charge is -2.06. The van der Waals surface area contributed by atoms with Gasteiger partial charge in [-0.2, -0.15) is 0 Å². The van der Waals surface area contributed by atoms with E-state index in [0.717, 1.165) is 22.2 Å². The Balaban J connectivity index is 1.51. The molecule has 0 aliphatic rings. The molecule has 4 rings (SSSR count). The Morgan fingerprint density at radius 1 is 1.14 bits per heavy atom. The van der Waals surface area contributed by atoms with Crippen molar-refractivity contribution in [1.29, 1.82) is 0 Å². The van der Waals surface area contributed by atoms with Gasteiger partial charge in [-0.3, -0.25) is 10.1 Å². The van der Waals surface area contributed by atoms with E-state index in [2.05, 4.69) is 20.0 Å². The normalized spacial score (nSPS) is 11.6. The third-order valence-electron chi connectivity index (χ3n) is 4.35. The third kappa shape index (κ3) is 3.93. The standard InChI is InChI=1S/C20H18N4O3S2/c1-2-22-29(26,27)14-9-7-13(8-10-14)19(25)24-20-23-18(12-28-20)16-11-21-17-6-4-3-5-15(16)17/h3-12,21-22H,2H2,1H3,(H,23,24,25). The summed E-state index contributed by atoms with van der Waals surface area (Å²) in [6, 6.07) is 13.7. The molecule has 0 spiro atoms. The topological polar surface area (TPSA) is 104 Å². The monoisotopic (exact) mass is 426 g/mol. The number of nitrogens with zero attached hydrogens (tertiary/aromatic N) is 1. The van der Waals surface area contributed by atoms with Crippen LogP contribution in [0.3, 0.4) is 0 Å². The minimum atomic E-state index is -3.55. The molecule has 29 heavy (non-hydrogen) atoms. The second-order valence-electron chi connectivity index (χ2n) is 6.27. The van der Waals surface area contributed by atoms with Crippen molar-refractivity contribution in [3.8, 4) is 11.3 Å². The lowest BCUT2D eigenvalue weighted by atomic mass is 10.1. The molecule has 4 aromatic rings. The number of amides is 1. The number of benzene rings is 2. The number of H-pyrrole nitrogens is 1. The van der Waals surface area contributed by atoms with Gasteiger partial charge >= 0.3 is 0 Å². The minimum Gasteiger partial charge on any atom is -0.360 e. The van der Waals surface area contributed by atoms with Crippen LogP contribution in [0.25, 0.3) is 22.2 Å². The number of hydrogen-bond donors (Lipinski definition) is 3. The van der Waals surface area contributed by atoms with E-state index in [1.54, 1.807) is 6.92 Å². The predicted molar refractivity (Wildman–Crippen MR) is 115 cm³/mol. The van der Waals surface area contributed by atoms with Crippen LogP contribution in [-0.2, 0) is 10.0 Å². The molecule has 2 aromatic heterocycles. The van der Waals surface area contributed by atoms with Gasteiger partial charge in [0.2, 0.25) is 10.0 Å². The highest BCUT2D eigenvalue weighted by Crippen LogP contribution is 2.31. The van der Waals surface area contributed by atoms with E-state index in [-0.39, 0.29) is 10.8 Å². The number of anilines is 1. The van der Waals surface area contributed by atoms with E-state index in [1.807, 2.05) is 35.8 Å². The zero-order chi connectivity index (χ0) is 20.4. The fraction of sp³-hybridized carbons (Fsp3) is 0.100. The molecule has 0 fully saturated rings. The van der Waals surface area contributed by atoms with Crippen LogP contribution in [0, 0.1) is 0 Å². The molecule has 0 unspecified atom stereocenters. The first-order valence-corrected chi connectivity index (χ1v) is 11.3. The van der Waals surface area contributed by atoms with E-state index in [1.165, 1.54) is 35.6 Å². The smallest absolute Gasteiger partial charge is 0.257 e. The molecule has 7 nitrogen and oxygen atoms in total. The van der Waals surface area contributed by atoms with E-state index >= 15 is 0 Å². The molecule has 1 amide bonds. The summed E-state index contributed by atoms with van der Waals surface area (Å²) >= 11 is 1.33. The second kappa shape index (κ2) is 7.78. The molecule has 2 heterocycles. The average Bonchev–Trinajstić information content (AvgIpc) is 3.34. The summed E-state index contributed by atoms with van der Waals surface area (Å²) in [6.45, 7) is 2.01. The van der Waals surface area contributed by atoms with E-state index < -0.39 is 10.0 Å². The Hall–Kier alpha value is -3.01. The molecule has 2 aromatic carbocycles. The van der Waals surface area contributed by atoms with Crippen LogP contribution in [0.15, 0.2) is 65.0 Å². The van der Waals surface area contributed by atoms with E-state index in [0.29, 0.717) is 17.2 Å². The van der Waals surface area contributed by atoms with Crippen molar-refractivity contribution in [2.75, 3.05) is 11.9 Å².